The zero-order valence-electron chi connectivity index (χ0n) is 9.52. The van der Waals surface area contributed by atoms with Crippen molar-refractivity contribution in [2.45, 2.75) is 12.5 Å². The van der Waals surface area contributed by atoms with Crippen LogP contribution in [0.4, 0.5) is 14.9 Å². The van der Waals surface area contributed by atoms with Crippen LogP contribution in [0.5, 0.6) is 0 Å². The summed E-state index contributed by atoms with van der Waals surface area (Å²) in [5.41, 5.74) is 0.372. The van der Waals surface area contributed by atoms with Crippen molar-refractivity contribution in [1.82, 2.24) is 5.32 Å². The molecule has 1 aromatic rings. The predicted molar refractivity (Wildman–Crippen MR) is 64.8 cm³/mol. The molecular weight excluding hydrogens is 239 g/mol. The summed E-state index contributed by atoms with van der Waals surface area (Å²) >= 11 is 0. The van der Waals surface area contributed by atoms with Crippen LogP contribution in [0.1, 0.15) is 6.42 Å². The molecule has 0 heterocycles. The first-order valence-electron chi connectivity index (χ1n) is 5.19. The maximum Gasteiger partial charge on any atom is 0.326 e. The number of anilines is 1. The zero-order chi connectivity index (χ0) is 13.5. The van der Waals surface area contributed by atoms with Gasteiger partial charge in [-0.15, -0.1) is 6.58 Å². The standard InChI is InChI=1S/C12H13FN2O3/c1-2-3-10(11(16)17)15-12(18)14-9-6-4-8(13)5-7-9/h2,4-7,10H,1,3H2,(H,16,17)(H2,14,15,18). The monoisotopic (exact) mass is 252 g/mol. The second-order valence-corrected chi connectivity index (χ2v) is 3.52. The lowest BCUT2D eigenvalue weighted by atomic mass is 10.2. The summed E-state index contributed by atoms with van der Waals surface area (Å²) in [6.07, 6.45) is 1.52. The minimum atomic E-state index is -1.15. The highest BCUT2D eigenvalue weighted by Gasteiger charge is 2.17. The molecule has 0 radical (unpaired) electrons. The van der Waals surface area contributed by atoms with E-state index in [0.717, 1.165) is 0 Å². The molecular formula is C12H13FN2O3. The fourth-order valence-electron chi connectivity index (χ4n) is 1.25. The highest BCUT2D eigenvalue weighted by molar-refractivity contribution is 5.92. The van der Waals surface area contributed by atoms with Gasteiger partial charge in [-0.3, -0.25) is 0 Å². The van der Waals surface area contributed by atoms with Gasteiger partial charge < -0.3 is 15.7 Å². The number of hydrogen-bond donors (Lipinski definition) is 3. The molecule has 1 aromatic carbocycles. The first-order chi connectivity index (χ1) is 8.52. The van der Waals surface area contributed by atoms with E-state index in [4.69, 9.17) is 5.11 Å². The van der Waals surface area contributed by atoms with E-state index < -0.39 is 23.9 Å². The van der Waals surface area contributed by atoms with Crippen molar-refractivity contribution >= 4 is 17.7 Å². The average molecular weight is 252 g/mol. The van der Waals surface area contributed by atoms with Gasteiger partial charge in [-0.25, -0.2) is 14.0 Å². The molecule has 0 spiro atoms. The number of carboxylic acids is 1. The minimum Gasteiger partial charge on any atom is -0.480 e. The number of carbonyl (C=O) groups is 2. The summed E-state index contributed by atoms with van der Waals surface area (Å²) in [5.74, 6) is -1.57. The lowest BCUT2D eigenvalue weighted by Crippen LogP contribution is -2.42. The second-order valence-electron chi connectivity index (χ2n) is 3.52. The Hall–Kier alpha value is -2.37. The normalized spacial score (nSPS) is 11.4. The van der Waals surface area contributed by atoms with E-state index in [1.807, 2.05) is 0 Å². The third kappa shape index (κ3) is 4.25. The van der Waals surface area contributed by atoms with Crippen molar-refractivity contribution in [2.24, 2.45) is 0 Å². The zero-order valence-corrected chi connectivity index (χ0v) is 9.52. The lowest BCUT2D eigenvalue weighted by Gasteiger charge is -2.13. The fourth-order valence-corrected chi connectivity index (χ4v) is 1.25. The van der Waals surface area contributed by atoms with E-state index in [-0.39, 0.29) is 6.42 Å². The number of benzene rings is 1. The van der Waals surface area contributed by atoms with Gasteiger partial charge in [0.1, 0.15) is 11.9 Å². The Balaban J connectivity index is 2.57. The van der Waals surface area contributed by atoms with E-state index in [1.54, 1.807) is 0 Å². The van der Waals surface area contributed by atoms with Crippen molar-refractivity contribution in [2.75, 3.05) is 5.32 Å². The SMILES string of the molecule is C=CCC(NC(=O)Nc1ccc(F)cc1)C(=O)O. The van der Waals surface area contributed by atoms with Gasteiger partial charge in [0.25, 0.3) is 0 Å². The molecule has 0 aliphatic heterocycles. The molecule has 0 saturated heterocycles. The Morgan fingerprint density at radius 3 is 2.50 bits per heavy atom. The van der Waals surface area contributed by atoms with E-state index in [0.29, 0.717) is 5.69 Å². The van der Waals surface area contributed by atoms with Gasteiger partial charge in [-0.2, -0.15) is 0 Å². The summed E-state index contributed by atoms with van der Waals surface area (Å²) in [5, 5.41) is 13.5. The van der Waals surface area contributed by atoms with Crippen molar-refractivity contribution in [3.63, 3.8) is 0 Å². The van der Waals surface area contributed by atoms with Crippen molar-refractivity contribution in [3.8, 4) is 0 Å². The molecule has 3 N–H and O–H groups in total. The number of amides is 2. The number of urea groups is 1. The Morgan fingerprint density at radius 2 is 2.00 bits per heavy atom. The van der Waals surface area contributed by atoms with Crippen LogP contribution >= 0.6 is 0 Å². The number of hydrogen-bond acceptors (Lipinski definition) is 2. The van der Waals surface area contributed by atoms with Crippen LogP contribution < -0.4 is 10.6 Å². The van der Waals surface area contributed by atoms with Crippen LogP contribution in [0.25, 0.3) is 0 Å². The van der Waals surface area contributed by atoms with Gasteiger partial charge in [0.15, 0.2) is 0 Å². The molecule has 0 aromatic heterocycles. The van der Waals surface area contributed by atoms with Gasteiger partial charge >= 0.3 is 12.0 Å². The van der Waals surface area contributed by atoms with Crippen molar-refractivity contribution in [1.29, 1.82) is 0 Å². The average Bonchev–Trinajstić information content (AvgIpc) is 2.31. The molecule has 1 unspecified atom stereocenters. The lowest BCUT2D eigenvalue weighted by molar-refractivity contribution is -0.139. The van der Waals surface area contributed by atoms with Gasteiger partial charge in [0, 0.05) is 5.69 Å². The van der Waals surface area contributed by atoms with Gasteiger partial charge in [-0.05, 0) is 30.7 Å². The molecule has 0 bridgehead atoms. The quantitative estimate of drug-likeness (QED) is 0.701. The summed E-state index contributed by atoms with van der Waals surface area (Å²) in [7, 11) is 0. The molecule has 6 heteroatoms. The Labute approximate surface area is 103 Å². The summed E-state index contributed by atoms with van der Waals surface area (Å²) in [4.78, 5) is 22.3. The van der Waals surface area contributed by atoms with Crippen LogP contribution in [0.3, 0.4) is 0 Å². The van der Waals surface area contributed by atoms with E-state index >= 15 is 0 Å². The summed E-state index contributed by atoms with van der Waals surface area (Å²) < 4.78 is 12.6. The Morgan fingerprint density at radius 1 is 1.39 bits per heavy atom. The molecule has 1 atom stereocenters. The molecule has 0 aliphatic rings. The van der Waals surface area contributed by atoms with Crippen molar-refractivity contribution < 1.29 is 19.1 Å². The number of rotatable bonds is 5. The molecule has 18 heavy (non-hydrogen) atoms. The van der Waals surface area contributed by atoms with Crippen molar-refractivity contribution in [3.05, 3.63) is 42.7 Å². The van der Waals surface area contributed by atoms with E-state index in [2.05, 4.69) is 17.2 Å². The highest BCUT2D eigenvalue weighted by atomic mass is 19.1. The largest absolute Gasteiger partial charge is 0.480 e. The molecule has 96 valence electrons. The van der Waals surface area contributed by atoms with E-state index in [1.165, 1.54) is 30.3 Å². The van der Waals surface area contributed by atoms with Crippen LogP contribution in [0.2, 0.25) is 0 Å². The highest BCUT2D eigenvalue weighted by Crippen LogP contribution is 2.08. The molecule has 5 nitrogen and oxygen atoms in total. The van der Waals surface area contributed by atoms with E-state index in [9.17, 15) is 14.0 Å². The third-order valence-electron chi connectivity index (χ3n) is 2.11. The third-order valence-corrected chi connectivity index (χ3v) is 2.11. The number of aliphatic carboxylic acids is 1. The summed E-state index contributed by atoms with van der Waals surface area (Å²) in [6.45, 7) is 3.41. The van der Waals surface area contributed by atoms with Crippen LogP contribution in [-0.4, -0.2) is 23.1 Å². The summed E-state index contributed by atoms with van der Waals surface area (Å²) in [6, 6.07) is 3.41. The van der Waals surface area contributed by atoms with Gasteiger partial charge in [-0.1, -0.05) is 6.08 Å². The Kier molecular flexibility index (Phi) is 4.86. The number of carbonyl (C=O) groups excluding carboxylic acids is 1. The number of halogens is 1. The van der Waals surface area contributed by atoms with Gasteiger partial charge in [0.05, 0.1) is 0 Å². The second kappa shape index (κ2) is 6.39. The topological polar surface area (TPSA) is 78.4 Å². The number of carboxylic acid groups (broad SMARTS) is 1. The maximum atomic E-state index is 12.6. The first kappa shape index (κ1) is 13.7. The van der Waals surface area contributed by atoms with Crippen LogP contribution in [-0.2, 0) is 4.79 Å². The molecule has 0 fully saturated rings. The maximum absolute atomic E-state index is 12.6. The molecule has 1 rings (SSSR count). The molecule has 0 aliphatic carbocycles. The minimum absolute atomic E-state index is 0.117. The first-order valence-corrected chi connectivity index (χ1v) is 5.19. The number of nitrogens with one attached hydrogen (secondary N) is 2. The van der Waals surface area contributed by atoms with Crippen LogP contribution in [0.15, 0.2) is 36.9 Å². The predicted octanol–water partition coefficient (Wildman–Crippen LogP) is 1.98. The fraction of sp³-hybridized carbons (Fsp3) is 0.167. The van der Waals surface area contributed by atoms with Gasteiger partial charge in [0.2, 0.25) is 0 Å². The Bertz CT molecular complexity index is 445. The van der Waals surface area contributed by atoms with Crippen LogP contribution in [0, 0.1) is 5.82 Å². The molecule has 0 saturated carbocycles. The smallest absolute Gasteiger partial charge is 0.326 e. The molecule has 2 amide bonds.